The van der Waals surface area contributed by atoms with Gasteiger partial charge in [-0.1, -0.05) is 25.3 Å². The minimum absolute atomic E-state index is 0.133. The zero-order valence-corrected chi connectivity index (χ0v) is 11.4. The number of ether oxygens (including phenoxy) is 1. The van der Waals surface area contributed by atoms with E-state index in [0.717, 1.165) is 18.8 Å². The summed E-state index contributed by atoms with van der Waals surface area (Å²) >= 11 is 0. The standard InChI is InChI=1S/C14H22N2O2/c1-6-7-8-11(2)16-9-12(10-16)15-13(17)18-14(3,4)5/h6-8,12H,1-2,9-10H2,3-5H3,(H,15,17)/b8-7-. The number of nitrogens with one attached hydrogen (secondary N) is 1. The Labute approximate surface area is 109 Å². The molecule has 0 aromatic heterocycles. The number of carbonyl (C=O) groups is 1. The first-order valence-electron chi connectivity index (χ1n) is 6.04. The van der Waals surface area contributed by atoms with Crippen LogP contribution in [-0.2, 0) is 4.74 Å². The maximum absolute atomic E-state index is 11.5. The minimum Gasteiger partial charge on any atom is -0.444 e. The monoisotopic (exact) mass is 250 g/mol. The highest BCUT2D eigenvalue weighted by atomic mass is 16.6. The molecule has 1 aliphatic rings. The van der Waals surface area contributed by atoms with Gasteiger partial charge in [-0.2, -0.15) is 0 Å². The molecule has 0 aromatic carbocycles. The average Bonchev–Trinajstić information content (AvgIpc) is 2.16. The lowest BCUT2D eigenvalue weighted by molar-refractivity contribution is 0.0437. The topological polar surface area (TPSA) is 41.6 Å². The lowest BCUT2D eigenvalue weighted by Crippen LogP contribution is -2.58. The van der Waals surface area contributed by atoms with E-state index in [1.165, 1.54) is 0 Å². The number of nitrogens with zero attached hydrogens (tertiary/aromatic N) is 1. The number of likely N-dealkylation sites (tertiary alicyclic amines) is 1. The largest absolute Gasteiger partial charge is 0.444 e. The van der Waals surface area contributed by atoms with Gasteiger partial charge in [0.1, 0.15) is 5.60 Å². The molecule has 100 valence electrons. The Morgan fingerprint density at radius 2 is 2.06 bits per heavy atom. The summed E-state index contributed by atoms with van der Waals surface area (Å²) in [6.07, 6.45) is 5.09. The Morgan fingerprint density at radius 3 is 2.56 bits per heavy atom. The first-order chi connectivity index (χ1) is 8.31. The van der Waals surface area contributed by atoms with Gasteiger partial charge in [0.2, 0.25) is 0 Å². The molecule has 1 rings (SSSR count). The van der Waals surface area contributed by atoms with Crippen LogP contribution in [0, 0.1) is 0 Å². The van der Waals surface area contributed by atoms with Crippen molar-refractivity contribution in [2.75, 3.05) is 13.1 Å². The van der Waals surface area contributed by atoms with Gasteiger partial charge in [-0.3, -0.25) is 0 Å². The van der Waals surface area contributed by atoms with Crippen LogP contribution >= 0.6 is 0 Å². The Morgan fingerprint density at radius 1 is 1.44 bits per heavy atom. The van der Waals surface area contributed by atoms with Gasteiger partial charge in [0.25, 0.3) is 0 Å². The number of amides is 1. The summed E-state index contributed by atoms with van der Waals surface area (Å²) in [5.74, 6) is 0. The molecule has 1 aliphatic heterocycles. The summed E-state index contributed by atoms with van der Waals surface area (Å²) in [5, 5.41) is 2.83. The predicted molar refractivity (Wildman–Crippen MR) is 73.2 cm³/mol. The third-order valence-corrected chi connectivity index (χ3v) is 2.43. The van der Waals surface area contributed by atoms with Gasteiger partial charge in [-0.05, 0) is 26.8 Å². The van der Waals surface area contributed by atoms with E-state index in [2.05, 4.69) is 23.4 Å². The molecule has 4 heteroatoms. The van der Waals surface area contributed by atoms with Gasteiger partial charge in [-0.15, -0.1) is 0 Å². The fourth-order valence-corrected chi connectivity index (χ4v) is 1.56. The zero-order valence-electron chi connectivity index (χ0n) is 11.4. The fraction of sp³-hybridized carbons (Fsp3) is 0.500. The second-order valence-electron chi connectivity index (χ2n) is 5.33. The van der Waals surface area contributed by atoms with Crippen LogP contribution < -0.4 is 5.32 Å². The summed E-state index contributed by atoms with van der Waals surface area (Å²) < 4.78 is 5.19. The zero-order chi connectivity index (χ0) is 13.8. The van der Waals surface area contributed by atoms with E-state index < -0.39 is 5.60 Å². The van der Waals surface area contributed by atoms with Crippen molar-refractivity contribution in [1.82, 2.24) is 10.2 Å². The minimum atomic E-state index is -0.455. The van der Waals surface area contributed by atoms with E-state index in [-0.39, 0.29) is 12.1 Å². The van der Waals surface area contributed by atoms with E-state index in [9.17, 15) is 4.79 Å². The van der Waals surface area contributed by atoms with Crippen LogP contribution in [0.4, 0.5) is 4.79 Å². The van der Waals surface area contributed by atoms with Crippen molar-refractivity contribution in [3.63, 3.8) is 0 Å². The molecule has 18 heavy (non-hydrogen) atoms. The Kier molecular flexibility index (Phi) is 4.59. The number of allylic oxidation sites excluding steroid dienone is 3. The third-order valence-electron chi connectivity index (χ3n) is 2.43. The molecule has 0 unspecified atom stereocenters. The average molecular weight is 250 g/mol. The number of alkyl carbamates (subject to hydrolysis) is 1. The van der Waals surface area contributed by atoms with E-state index in [0.29, 0.717) is 0 Å². The summed E-state index contributed by atoms with van der Waals surface area (Å²) in [5.41, 5.74) is 0.473. The van der Waals surface area contributed by atoms with Crippen molar-refractivity contribution < 1.29 is 9.53 Å². The van der Waals surface area contributed by atoms with Gasteiger partial charge in [-0.25, -0.2) is 4.79 Å². The van der Waals surface area contributed by atoms with Crippen molar-refractivity contribution in [3.05, 3.63) is 37.1 Å². The maximum Gasteiger partial charge on any atom is 0.407 e. The van der Waals surface area contributed by atoms with Crippen LogP contribution in [0.25, 0.3) is 0 Å². The van der Waals surface area contributed by atoms with E-state index in [1.54, 1.807) is 6.08 Å². The van der Waals surface area contributed by atoms with Crippen LogP contribution in [0.3, 0.4) is 0 Å². The SMILES string of the molecule is C=C/C=C\C(=C)N1CC(NC(=O)OC(C)(C)C)C1. The van der Waals surface area contributed by atoms with Crippen LogP contribution in [0.5, 0.6) is 0 Å². The normalized spacial score (nSPS) is 16.3. The molecule has 0 aliphatic carbocycles. The Balaban J connectivity index is 2.27. The van der Waals surface area contributed by atoms with Crippen LogP contribution in [0.2, 0.25) is 0 Å². The quantitative estimate of drug-likeness (QED) is 0.779. The lowest BCUT2D eigenvalue weighted by atomic mass is 10.1. The van der Waals surface area contributed by atoms with E-state index in [1.807, 2.05) is 32.9 Å². The highest BCUT2D eigenvalue weighted by molar-refractivity contribution is 5.68. The molecule has 1 heterocycles. The number of hydrogen-bond donors (Lipinski definition) is 1. The van der Waals surface area contributed by atoms with Crippen LogP contribution in [0.15, 0.2) is 37.1 Å². The predicted octanol–water partition coefficient (Wildman–Crippen LogP) is 2.45. The molecule has 0 atom stereocenters. The summed E-state index contributed by atoms with van der Waals surface area (Å²) in [6, 6.07) is 0.133. The second kappa shape index (κ2) is 5.76. The second-order valence-corrected chi connectivity index (χ2v) is 5.33. The van der Waals surface area contributed by atoms with E-state index >= 15 is 0 Å². The van der Waals surface area contributed by atoms with Gasteiger partial charge in [0.15, 0.2) is 0 Å². The highest BCUT2D eigenvalue weighted by Gasteiger charge is 2.29. The summed E-state index contributed by atoms with van der Waals surface area (Å²) in [7, 11) is 0. The molecular weight excluding hydrogens is 228 g/mol. The molecule has 0 spiro atoms. The van der Waals surface area contributed by atoms with Gasteiger partial charge in [0, 0.05) is 18.8 Å². The van der Waals surface area contributed by atoms with Crippen molar-refractivity contribution in [2.45, 2.75) is 32.4 Å². The first kappa shape index (κ1) is 14.4. The molecule has 0 radical (unpaired) electrons. The van der Waals surface area contributed by atoms with Crippen LogP contribution in [-0.4, -0.2) is 35.7 Å². The Hall–Kier alpha value is -1.71. The van der Waals surface area contributed by atoms with Gasteiger partial charge >= 0.3 is 6.09 Å². The smallest absolute Gasteiger partial charge is 0.407 e. The molecule has 1 fully saturated rings. The summed E-state index contributed by atoms with van der Waals surface area (Å²) in [6.45, 7) is 14.6. The molecule has 1 N–H and O–H groups in total. The number of hydrogen-bond acceptors (Lipinski definition) is 3. The van der Waals surface area contributed by atoms with Gasteiger partial charge in [0.05, 0.1) is 6.04 Å². The van der Waals surface area contributed by atoms with Crippen molar-refractivity contribution >= 4 is 6.09 Å². The lowest BCUT2D eigenvalue weighted by Gasteiger charge is -2.41. The van der Waals surface area contributed by atoms with Crippen molar-refractivity contribution in [1.29, 1.82) is 0 Å². The van der Waals surface area contributed by atoms with Crippen LogP contribution in [0.1, 0.15) is 20.8 Å². The molecule has 0 bridgehead atoms. The number of rotatable bonds is 4. The molecular formula is C14H22N2O2. The molecule has 0 saturated carbocycles. The summed E-state index contributed by atoms with van der Waals surface area (Å²) in [4.78, 5) is 13.6. The first-order valence-corrected chi connectivity index (χ1v) is 6.04. The number of carbonyl (C=O) groups excluding carboxylic acids is 1. The Bertz CT molecular complexity index is 360. The molecule has 1 saturated heterocycles. The van der Waals surface area contributed by atoms with E-state index in [4.69, 9.17) is 4.74 Å². The molecule has 1 amide bonds. The third kappa shape index (κ3) is 4.65. The maximum atomic E-state index is 11.5. The molecule has 0 aromatic rings. The molecule has 4 nitrogen and oxygen atoms in total. The van der Waals surface area contributed by atoms with Crippen molar-refractivity contribution in [2.24, 2.45) is 0 Å². The van der Waals surface area contributed by atoms with Gasteiger partial charge < -0.3 is 15.0 Å². The van der Waals surface area contributed by atoms with Crippen molar-refractivity contribution in [3.8, 4) is 0 Å². The highest BCUT2D eigenvalue weighted by Crippen LogP contribution is 2.16. The fourth-order valence-electron chi connectivity index (χ4n) is 1.56.